The maximum absolute atomic E-state index is 12.7. The van der Waals surface area contributed by atoms with E-state index in [4.69, 9.17) is 14.2 Å². The number of carbonyl (C=O) groups is 2. The standard InChI is InChI=1S/C34H54O8/c1-3-4-5-6-7-8-9-10-11-12-13-14-27(35)21-28(36)22-29(37)23-30(38)24-33-32(19-20-34(39)42-33)41-25-26-15-17-31(40-2)18-16-26/h15-20,27-29,32-33,35-37H,3-14,21-25H2,1-2H3/t27-,28-,29-,32-,33-/m0/s1. The van der Waals surface area contributed by atoms with E-state index in [0.717, 1.165) is 24.2 Å². The molecule has 1 aromatic rings. The van der Waals surface area contributed by atoms with Gasteiger partial charge in [0.25, 0.3) is 0 Å². The molecule has 0 saturated heterocycles. The average Bonchev–Trinajstić information content (AvgIpc) is 2.95. The number of methoxy groups -OCH3 is 1. The summed E-state index contributed by atoms with van der Waals surface area (Å²) in [7, 11) is 1.59. The predicted octanol–water partition coefficient (Wildman–Crippen LogP) is 5.98. The zero-order valence-corrected chi connectivity index (χ0v) is 25.8. The first kappa shape index (κ1) is 35.9. The van der Waals surface area contributed by atoms with Crippen molar-refractivity contribution in [1.29, 1.82) is 0 Å². The molecule has 0 spiro atoms. The van der Waals surface area contributed by atoms with Gasteiger partial charge in [-0.2, -0.15) is 0 Å². The van der Waals surface area contributed by atoms with Crippen LogP contribution >= 0.6 is 0 Å². The molecule has 1 aliphatic rings. The van der Waals surface area contributed by atoms with Crippen LogP contribution < -0.4 is 4.74 Å². The van der Waals surface area contributed by atoms with Crippen LogP contribution in [0.1, 0.15) is 115 Å². The van der Waals surface area contributed by atoms with Gasteiger partial charge in [0.1, 0.15) is 23.7 Å². The van der Waals surface area contributed by atoms with Crippen LogP contribution in [0.2, 0.25) is 0 Å². The Morgan fingerprint density at radius 1 is 0.857 bits per heavy atom. The van der Waals surface area contributed by atoms with E-state index in [9.17, 15) is 24.9 Å². The molecule has 5 atom stereocenters. The predicted molar refractivity (Wildman–Crippen MR) is 163 cm³/mol. The maximum atomic E-state index is 12.7. The van der Waals surface area contributed by atoms with E-state index in [0.29, 0.717) is 6.42 Å². The number of carbonyl (C=O) groups excluding carboxylic acids is 2. The number of unbranched alkanes of at least 4 members (excludes halogenated alkanes) is 10. The number of benzene rings is 1. The number of aliphatic hydroxyl groups is 3. The Bertz CT molecular complexity index is 899. The highest BCUT2D eigenvalue weighted by molar-refractivity contribution is 5.84. The molecule has 1 heterocycles. The van der Waals surface area contributed by atoms with Gasteiger partial charge < -0.3 is 29.5 Å². The summed E-state index contributed by atoms with van der Waals surface area (Å²) < 4.78 is 16.4. The molecule has 0 unspecified atom stereocenters. The van der Waals surface area contributed by atoms with Crippen molar-refractivity contribution in [3.05, 3.63) is 42.0 Å². The van der Waals surface area contributed by atoms with Crippen LogP contribution in [0.4, 0.5) is 0 Å². The normalized spacial score (nSPS) is 18.8. The molecule has 3 N–H and O–H groups in total. The SMILES string of the molecule is CCCCCCCCCCCCC[C@H](O)C[C@H](O)C[C@H](O)CC(=O)C[C@@H]1OC(=O)C=C[C@@H]1OCc1ccc(OC)cc1. The number of cyclic esters (lactones) is 1. The maximum Gasteiger partial charge on any atom is 0.330 e. The van der Waals surface area contributed by atoms with Gasteiger partial charge >= 0.3 is 5.97 Å². The van der Waals surface area contributed by atoms with Gasteiger partial charge in [-0.05, 0) is 43.0 Å². The number of Topliss-reactive ketones (excluding diaryl/α,β-unsaturated/α-hetero) is 1. The first-order valence-corrected chi connectivity index (χ1v) is 16.0. The van der Waals surface area contributed by atoms with E-state index in [1.165, 1.54) is 63.9 Å². The minimum atomic E-state index is -1.05. The van der Waals surface area contributed by atoms with Gasteiger partial charge in [0.15, 0.2) is 0 Å². The van der Waals surface area contributed by atoms with E-state index in [2.05, 4.69) is 6.92 Å². The second-order valence-electron chi connectivity index (χ2n) is 11.7. The molecule has 0 fully saturated rings. The highest BCUT2D eigenvalue weighted by atomic mass is 16.6. The molecule has 0 aromatic heterocycles. The lowest BCUT2D eigenvalue weighted by Crippen LogP contribution is -2.37. The van der Waals surface area contributed by atoms with E-state index in [-0.39, 0.29) is 38.1 Å². The summed E-state index contributed by atoms with van der Waals surface area (Å²) >= 11 is 0. The van der Waals surface area contributed by atoms with Crippen LogP contribution in [0.25, 0.3) is 0 Å². The third-order valence-electron chi connectivity index (χ3n) is 7.78. The number of hydrogen-bond donors (Lipinski definition) is 3. The fourth-order valence-corrected chi connectivity index (χ4v) is 5.33. The van der Waals surface area contributed by atoms with Crippen molar-refractivity contribution >= 4 is 11.8 Å². The number of esters is 1. The summed E-state index contributed by atoms with van der Waals surface area (Å²) in [5, 5.41) is 31.1. The van der Waals surface area contributed by atoms with Gasteiger partial charge in [-0.25, -0.2) is 4.79 Å². The van der Waals surface area contributed by atoms with Crippen molar-refractivity contribution in [1.82, 2.24) is 0 Å². The van der Waals surface area contributed by atoms with Crippen molar-refractivity contribution in [2.75, 3.05) is 7.11 Å². The van der Waals surface area contributed by atoms with Crippen molar-refractivity contribution in [2.24, 2.45) is 0 Å². The van der Waals surface area contributed by atoms with Gasteiger partial charge in [-0.15, -0.1) is 0 Å². The van der Waals surface area contributed by atoms with E-state index in [1.807, 2.05) is 24.3 Å². The fraction of sp³-hybridized carbons (Fsp3) is 0.706. The van der Waals surface area contributed by atoms with Crippen molar-refractivity contribution in [2.45, 2.75) is 147 Å². The molecule has 238 valence electrons. The summed E-state index contributed by atoms with van der Waals surface area (Å²) in [6.07, 6.45) is 13.1. The molecule has 1 aliphatic heterocycles. The molecule has 42 heavy (non-hydrogen) atoms. The van der Waals surface area contributed by atoms with E-state index < -0.39 is 36.5 Å². The first-order valence-electron chi connectivity index (χ1n) is 16.0. The summed E-state index contributed by atoms with van der Waals surface area (Å²) in [6, 6.07) is 7.39. The zero-order chi connectivity index (χ0) is 30.6. The van der Waals surface area contributed by atoms with Gasteiger partial charge in [0.2, 0.25) is 0 Å². The minimum Gasteiger partial charge on any atom is -0.497 e. The Kier molecular flexibility index (Phi) is 18.3. The molecule has 8 nitrogen and oxygen atoms in total. The van der Waals surface area contributed by atoms with Gasteiger partial charge in [0.05, 0.1) is 32.0 Å². The molecule has 0 aliphatic carbocycles. The van der Waals surface area contributed by atoms with Crippen molar-refractivity contribution in [3.63, 3.8) is 0 Å². The van der Waals surface area contributed by atoms with Crippen LogP contribution in [0.15, 0.2) is 36.4 Å². The fourth-order valence-electron chi connectivity index (χ4n) is 5.33. The lowest BCUT2D eigenvalue weighted by Gasteiger charge is -2.27. The van der Waals surface area contributed by atoms with Gasteiger partial charge in [-0.3, -0.25) is 4.79 Å². The van der Waals surface area contributed by atoms with Crippen LogP contribution in [-0.2, 0) is 25.7 Å². The lowest BCUT2D eigenvalue weighted by molar-refractivity contribution is -0.154. The first-order chi connectivity index (χ1) is 20.3. The average molecular weight is 591 g/mol. The summed E-state index contributed by atoms with van der Waals surface area (Å²) in [6.45, 7) is 2.50. The Morgan fingerprint density at radius 2 is 1.45 bits per heavy atom. The molecule has 0 saturated carbocycles. The zero-order valence-electron chi connectivity index (χ0n) is 25.8. The third kappa shape index (κ3) is 15.8. The second kappa shape index (κ2) is 21.4. The summed E-state index contributed by atoms with van der Waals surface area (Å²) in [4.78, 5) is 24.5. The Balaban J connectivity index is 1.61. The number of aliphatic hydroxyl groups excluding tert-OH is 3. The van der Waals surface area contributed by atoms with Crippen LogP contribution in [0.5, 0.6) is 5.75 Å². The highest BCUT2D eigenvalue weighted by Gasteiger charge is 2.30. The molecule has 0 amide bonds. The molecular formula is C34H54O8. The minimum absolute atomic E-state index is 0.00279. The molecule has 2 rings (SSSR count). The second-order valence-corrected chi connectivity index (χ2v) is 11.7. The Hall–Kier alpha value is -2.26. The third-order valence-corrected chi connectivity index (χ3v) is 7.78. The lowest BCUT2D eigenvalue weighted by atomic mass is 9.96. The Morgan fingerprint density at radius 3 is 2.07 bits per heavy atom. The van der Waals surface area contributed by atoms with Crippen molar-refractivity contribution < 1.29 is 39.1 Å². The quantitative estimate of drug-likeness (QED) is 0.0994. The molecule has 8 heteroatoms. The molecule has 1 aromatic carbocycles. The molecular weight excluding hydrogens is 536 g/mol. The summed E-state index contributed by atoms with van der Waals surface area (Å²) in [5.41, 5.74) is 0.904. The van der Waals surface area contributed by atoms with Crippen LogP contribution in [0, 0.1) is 0 Å². The number of ether oxygens (including phenoxy) is 3. The molecule has 0 bridgehead atoms. The number of rotatable bonds is 24. The smallest absolute Gasteiger partial charge is 0.330 e. The van der Waals surface area contributed by atoms with Crippen molar-refractivity contribution in [3.8, 4) is 5.75 Å². The molecule has 0 radical (unpaired) electrons. The summed E-state index contributed by atoms with van der Waals surface area (Å²) in [5.74, 6) is -0.0986. The van der Waals surface area contributed by atoms with Gasteiger partial charge in [0, 0.05) is 18.9 Å². The topological polar surface area (TPSA) is 123 Å². The number of hydrogen-bond acceptors (Lipinski definition) is 8. The monoisotopic (exact) mass is 590 g/mol. The van der Waals surface area contributed by atoms with Crippen LogP contribution in [-0.4, -0.2) is 64.7 Å². The number of ketones is 1. The Labute approximate surface area is 252 Å². The van der Waals surface area contributed by atoms with Crippen LogP contribution in [0.3, 0.4) is 0 Å². The largest absolute Gasteiger partial charge is 0.497 e. The van der Waals surface area contributed by atoms with E-state index >= 15 is 0 Å². The highest BCUT2D eigenvalue weighted by Crippen LogP contribution is 2.21. The van der Waals surface area contributed by atoms with E-state index in [1.54, 1.807) is 13.2 Å². The van der Waals surface area contributed by atoms with Gasteiger partial charge in [-0.1, -0.05) is 89.7 Å².